The summed E-state index contributed by atoms with van der Waals surface area (Å²) in [7, 11) is 1.32. The monoisotopic (exact) mass is 271 g/mol. The van der Waals surface area contributed by atoms with Crippen LogP contribution in [-0.2, 0) is 4.74 Å². The van der Waals surface area contributed by atoms with Crippen molar-refractivity contribution in [2.24, 2.45) is 0 Å². The lowest BCUT2D eigenvalue weighted by molar-refractivity contribution is 0.0602. The van der Waals surface area contributed by atoms with Crippen LogP contribution in [0.25, 0.3) is 0 Å². The molecule has 4 nitrogen and oxygen atoms in total. The number of anilines is 1. The fourth-order valence-corrected chi connectivity index (χ4v) is 1.62. The third kappa shape index (κ3) is 4.55. The van der Waals surface area contributed by atoms with Crippen molar-refractivity contribution in [2.45, 2.75) is 25.9 Å². The van der Waals surface area contributed by atoms with Gasteiger partial charge in [-0.05, 0) is 38.5 Å². The molecule has 1 aromatic rings. The Kier molecular flexibility index (Phi) is 4.99. The zero-order valence-corrected chi connectivity index (χ0v) is 11.5. The highest BCUT2D eigenvalue weighted by Gasteiger charge is 2.15. The molecule has 0 aliphatic carbocycles. The molecule has 0 saturated carbocycles. The summed E-state index contributed by atoms with van der Waals surface area (Å²) < 4.78 is 4.69. The molecular weight excluding hydrogens is 254 g/mol. The van der Waals surface area contributed by atoms with E-state index >= 15 is 0 Å². The first kappa shape index (κ1) is 14.8. The van der Waals surface area contributed by atoms with E-state index in [9.17, 15) is 9.90 Å². The standard InChI is InChI=1S/C13H18ClNO3/c1-13(2,17)6-7-15-11-5-4-9(14)8-10(11)12(16)18-3/h4-5,8,15,17H,6-7H2,1-3H3. The molecule has 0 saturated heterocycles. The van der Waals surface area contributed by atoms with Crippen LogP contribution in [0.2, 0.25) is 5.02 Å². The smallest absolute Gasteiger partial charge is 0.340 e. The Bertz CT molecular complexity index is 427. The van der Waals surface area contributed by atoms with Crippen LogP contribution in [0.4, 0.5) is 5.69 Å². The number of halogens is 1. The normalized spacial score (nSPS) is 11.2. The lowest BCUT2D eigenvalue weighted by Gasteiger charge is -2.18. The predicted octanol–water partition coefficient (Wildman–Crippen LogP) is 2.70. The molecule has 0 bridgehead atoms. The van der Waals surface area contributed by atoms with Gasteiger partial charge >= 0.3 is 5.97 Å². The SMILES string of the molecule is COC(=O)c1cc(Cl)ccc1NCCC(C)(C)O. The second-order valence-electron chi connectivity index (χ2n) is 4.67. The summed E-state index contributed by atoms with van der Waals surface area (Å²) >= 11 is 5.85. The first-order valence-electron chi connectivity index (χ1n) is 5.67. The lowest BCUT2D eigenvalue weighted by atomic mass is 10.1. The molecule has 0 fully saturated rings. The number of hydrogen-bond acceptors (Lipinski definition) is 4. The molecule has 0 aromatic heterocycles. The maximum Gasteiger partial charge on any atom is 0.340 e. The van der Waals surface area contributed by atoms with Crippen LogP contribution < -0.4 is 5.32 Å². The van der Waals surface area contributed by atoms with Gasteiger partial charge in [0, 0.05) is 17.3 Å². The van der Waals surface area contributed by atoms with Crippen LogP contribution >= 0.6 is 11.6 Å². The van der Waals surface area contributed by atoms with Crippen molar-refractivity contribution in [3.63, 3.8) is 0 Å². The van der Waals surface area contributed by atoms with E-state index in [0.29, 0.717) is 29.2 Å². The summed E-state index contributed by atoms with van der Waals surface area (Å²) in [5, 5.41) is 13.2. The van der Waals surface area contributed by atoms with Crippen molar-refractivity contribution >= 4 is 23.3 Å². The first-order chi connectivity index (χ1) is 8.33. The van der Waals surface area contributed by atoms with Gasteiger partial charge in [-0.2, -0.15) is 0 Å². The number of esters is 1. The largest absolute Gasteiger partial charge is 0.465 e. The molecule has 0 spiro atoms. The van der Waals surface area contributed by atoms with Gasteiger partial charge in [0.1, 0.15) is 0 Å². The van der Waals surface area contributed by atoms with Crippen molar-refractivity contribution in [3.8, 4) is 0 Å². The number of hydrogen-bond donors (Lipinski definition) is 2. The van der Waals surface area contributed by atoms with E-state index in [1.165, 1.54) is 7.11 Å². The van der Waals surface area contributed by atoms with E-state index in [2.05, 4.69) is 5.32 Å². The van der Waals surface area contributed by atoms with Crippen molar-refractivity contribution in [1.82, 2.24) is 0 Å². The van der Waals surface area contributed by atoms with Crippen LogP contribution in [0, 0.1) is 0 Å². The van der Waals surface area contributed by atoms with E-state index in [4.69, 9.17) is 16.3 Å². The van der Waals surface area contributed by atoms with Crippen molar-refractivity contribution < 1.29 is 14.6 Å². The van der Waals surface area contributed by atoms with E-state index in [-0.39, 0.29) is 0 Å². The van der Waals surface area contributed by atoms with Crippen molar-refractivity contribution in [1.29, 1.82) is 0 Å². The van der Waals surface area contributed by atoms with Gasteiger partial charge in [-0.3, -0.25) is 0 Å². The Balaban J connectivity index is 2.79. The molecule has 1 aromatic carbocycles. The van der Waals surface area contributed by atoms with Crippen LogP contribution in [0.3, 0.4) is 0 Å². The average Bonchev–Trinajstić information content (AvgIpc) is 2.28. The van der Waals surface area contributed by atoms with E-state index < -0.39 is 11.6 Å². The third-order valence-electron chi connectivity index (χ3n) is 2.44. The fourth-order valence-electron chi connectivity index (χ4n) is 1.45. The number of rotatable bonds is 5. The Morgan fingerprint density at radius 1 is 1.50 bits per heavy atom. The van der Waals surface area contributed by atoms with Gasteiger partial charge in [0.2, 0.25) is 0 Å². The summed E-state index contributed by atoms with van der Waals surface area (Å²) in [6.07, 6.45) is 0.566. The molecule has 0 atom stereocenters. The zero-order chi connectivity index (χ0) is 13.8. The van der Waals surface area contributed by atoms with Crippen molar-refractivity contribution in [3.05, 3.63) is 28.8 Å². The topological polar surface area (TPSA) is 58.6 Å². The summed E-state index contributed by atoms with van der Waals surface area (Å²) in [4.78, 5) is 11.6. The minimum absolute atomic E-state index is 0.390. The predicted molar refractivity (Wildman–Crippen MR) is 72.2 cm³/mol. The number of ether oxygens (including phenoxy) is 1. The van der Waals surface area contributed by atoms with Gasteiger partial charge in [-0.25, -0.2) is 4.79 Å². The van der Waals surface area contributed by atoms with Gasteiger partial charge in [0.05, 0.1) is 18.3 Å². The Morgan fingerprint density at radius 3 is 2.72 bits per heavy atom. The molecule has 100 valence electrons. The van der Waals surface area contributed by atoms with Crippen LogP contribution in [0.1, 0.15) is 30.6 Å². The van der Waals surface area contributed by atoms with E-state index in [1.54, 1.807) is 32.0 Å². The van der Waals surface area contributed by atoms with Gasteiger partial charge in [-0.15, -0.1) is 0 Å². The van der Waals surface area contributed by atoms with Crippen LogP contribution in [0.5, 0.6) is 0 Å². The molecule has 0 heterocycles. The number of carbonyl (C=O) groups excluding carboxylic acids is 1. The highest BCUT2D eigenvalue weighted by Crippen LogP contribution is 2.22. The second kappa shape index (κ2) is 6.07. The van der Waals surface area contributed by atoms with Crippen LogP contribution in [-0.4, -0.2) is 30.3 Å². The Labute approximate surface area is 112 Å². The van der Waals surface area contributed by atoms with Gasteiger partial charge in [-0.1, -0.05) is 11.6 Å². The fraction of sp³-hybridized carbons (Fsp3) is 0.462. The minimum Gasteiger partial charge on any atom is -0.465 e. The molecule has 0 unspecified atom stereocenters. The van der Waals surface area contributed by atoms with Gasteiger partial charge in [0.15, 0.2) is 0 Å². The van der Waals surface area contributed by atoms with Gasteiger partial charge < -0.3 is 15.2 Å². The highest BCUT2D eigenvalue weighted by molar-refractivity contribution is 6.31. The summed E-state index contributed by atoms with van der Waals surface area (Å²) in [6.45, 7) is 4.02. The second-order valence-corrected chi connectivity index (χ2v) is 5.11. The Morgan fingerprint density at radius 2 is 2.17 bits per heavy atom. The minimum atomic E-state index is -0.745. The summed E-state index contributed by atoms with van der Waals surface area (Å²) in [5.41, 5.74) is 0.293. The molecule has 1 rings (SSSR count). The molecule has 0 radical (unpaired) electrons. The third-order valence-corrected chi connectivity index (χ3v) is 2.67. The molecule has 18 heavy (non-hydrogen) atoms. The van der Waals surface area contributed by atoms with E-state index in [1.807, 2.05) is 0 Å². The van der Waals surface area contributed by atoms with E-state index in [0.717, 1.165) is 0 Å². The van der Waals surface area contributed by atoms with Gasteiger partial charge in [0.25, 0.3) is 0 Å². The molecule has 0 aliphatic heterocycles. The number of nitrogens with one attached hydrogen (secondary N) is 1. The summed E-state index contributed by atoms with van der Waals surface area (Å²) in [5.74, 6) is -0.441. The maximum atomic E-state index is 11.6. The number of aliphatic hydroxyl groups is 1. The average molecular weight is 272 g/mol. The quantitative estimate of drug-likeness (QED) is 0.809. The maximum absolute atomic E-state index is 11.6. The lowest BCUT2D eigenvalue weighted by Crippen LogP contribution is -2.23. The molecule has 5 heteroatoms. The number of benzene rings is 1. The summed E-state index contributed by atoms with van der Waals surface area (Å²) in [6, 6.07) is 4.97. The van der Waals surface area contributed by atoms with Crippen LogP contribution in [0.15, 0.2) is 18.2 Å². The molecular formula is C13H18ClNO3. The Hall–Kier alpha value is -1.26. The molecule has 2 N–H and O–H groups in total. The molecule has 0 amide bonds. The zero-order valence-electron chi connectivity index (χ0n) is 10.8. The molecule has 0 aliphatic rings. The number of methoxy groups -OCH3 is 1. The highest BCUT2D eigenvalue weighted by atomic mass is 35.5. The number of carbonyl (C=O) groups is 1. The van der Waals surface area contributed by atoms with Crippen molar-refractivity contribution in [2.75, 3.05) is 19.0 Å². The first-order valence-corrected chi connectivity index (χ1v) is 6.05.